The Morgan fingerprint density at radius 2 is 1.93 bits per heavy atom. The molecular formula is C11H10BrNO2. The largest absolute Gasteiger partial charge is 0.497 e. The molecule has 0 aliphatic heterocycles. The van der Waals surface area contributed by atoms with Gasteiger partial charge in [-0.25, -0.2) is 0 Å². The second-order valence-electron chi connectivity index (χ2n) is 3.16. The lowest BCUT2D eigenvalue weighted by Crippen LogP contribution is -1.84. The minimum absolute atomic E-state index is 0.674. The first kappa shape index (κ1) is 10.2. The summed E-state index contributed by atoms with van der Waals surface area (Å²) in [6.45, 7) is 1.96. The summed E-state index contributed by atoms with van der Waals surface area (Å²) in [7, 11) is 1.65. The maximum absolute atomic E-state index is 5.09. The molecule has 0 N–H and O–H groups in total. The van der Waals surface area contributed by atoms with Gasteiger partial charge in [0, 0.05) is 11.1 Å². The highest BCUT2D eigenvalue weighted by atomic mass is 79.9. The Hall–Kier alpha value is -1.29. The van der Waals surface area contributed by atoms with Gasteiger partial charge in [0.05, 0.1) is 7.11 Å². The molecule has 0 atom stereocenters. The van der Waals surface area contributed by atoms with Gasteiger partial charge in [0.1, 0.15) is 11.4 Å². The van der Waals surface area contributed by atoms with Gasteiger partial charge in [-0.3, -0.25) is 0 Å². The average Bonchev–Trinajstić information content (AvgIpc) is 2.60. The smallest absolute Gasteiger partial charge is 0.205 e. The third-order valence-corrected chi connectivity index (χ3v) is 2.97. The van der Waals surface area contributed by atoms with E-state index in [0.29, 0.717) is 4.67 Å². The van der Waals surface area contributed by atoms with Gasteiger partial charge in [-0.15, -0.1) is 0 Å². The summed E-state index contributed by atoms with van der Waals surface area (Å²) < 4.78 is 10.8. The van der Waals surface area contributed by atoms with E-state index in [0.717, 1.165) is 22.6 Å². The molecule has 0 amide bonds. The summed E-state index contributed by atoms with van der Waals surface area (Å²) in [6.07, 6.45) is 0. The van der Waals surface area contributed by atoms with E-state index in [1.165, 1.54) is 0 Å². The molecule has 0 unspecified atom stereocenters. The van der Waals surface area contributed by atoms with Gasteiger partial charge >= 0.3 is 0 Å². The molecule has 3 nitrogen and oxygen atoms in total. The molecule has 15 heavy (non-hydrogen) atoms. The fraction of sp³-hybridized carbons (Fsp3) is 0.182. The standard InChI is InChI=1S/C11H10BrNO2/c1-7-10(13-15-11(7)12)8-3-5-9(14-2)6-4-8/h3-6H,1-2H3. The maximum atomic E-state index is 5.09. The molecule has 2 rings (SSSR count). The highest BCUT2D eigenvalue weighted by Gasteiger charge is 2.10. The van der Waals surface area contributed by atoms with Crippen molar-refractivity contribution in [3.8, 4) is 17.0 Å². The van der Waals surface area contributed by atoms with Gasteiger partial charge in [-0.1, -0.05) is 5.16 Å². The number of rotatable bonds is 2. The van der Waals surface area contributed by atoms with Crippen LogP contribution in [0.1, 0.15) is 5.56 Å². The van der Waals surface area contributed by atoms with E-state index in [-0.39, 0.29) is 0 Å². The molecule has 0 bridgehead atoms. The SMILES string of the molecule is COc1ccc(-c2noc(Br)c2C)cc1. The van der Waals surface area contributed by atoms with E-state index >= 15 is 0 Å². The Labute approximate surface area is 96.2 Å². The summed E-state index contributed by atoms with van der Waals surface area (Å²) >= 11 is 3.29. The van der Waals surface area contributed by atoms with Crippen molar-refractivity contribution in [3.05, 3.63) is 34.5 Å². The Kier molecular flexibility index (Phi) is 2.77. The number of benzene rings is 1. The zero-order valence-corrected chi connectivity index (χ0v) is 10.0. The quantitative estimate of drug-likeness (QED) is 0.837. The van der Waals surface area contributed by atoms with E-state index in [9.17, 15) is 0 Å². The molecule has 0 spiro atoms. The monoisotopic (exact) mass is 267 g/mol. The molecule has 0 radical (unpaired) electrons. The van der Waals surface area contributed by atoms with E-state index in [1.807, 2.05) is 31.2 Å². The number of hydrogen-bond acceptors (Lipinski definition) is 3. The predicted molar refractivity (Wildman–Crippen MR) is 60.9 cm³/mol. The molecule has 4 heteroatoms. The summed E-state index contributed by atoms with van der Waals surface area (Å²) in [4.78, 5) is 0. The summed E-state index contributed by atoms with van der Waals surface area (Å²) in [6, 6.07) is 7.71. The molecule has 0 aliphatic rings. The minimum atomic E-state index is 0.674. The van der Waals surface area contributed by atoms with Crippen molar-refractivity contribution in [1.82, 2.24) is 5.16 Å². The van der Waals surface area contributed by atoms with Crippen LogP contribution in [0.15, 0.2) is 33.5 Å². The van der Waals surface area contributed by atoms with Crippen LogP contribution in [0.2, 0.25) is 0 Å². The molecular weight excluding hydrogens is 258 g/mol. The molecule has 78 valence electrons. The Balaban J connectivity index is 2.41. The van der Waals surface area contributed by atoms with Crippen LogP contribution < -0.4 is 4.74 Å². The van der Waals surface area contributed by atoms with Crippen LogP contribution in [0.3, 0.4) is 0 Å². The van der Waals surface area contributed by atoms with Crippen LogP contribution in [0, 0.1) is 6.92 Å². The lowest BCUT2D eigenvalue weighted by atomic mass is 10.1. The van der Waals surface area contributed by atoms with Crippen molar-refractivity contribution in [2.45, 2.75) is 6.92 Å². The Morgan fingerprint density at radius 3 is 2.40 bits per heavy atom. The number of aromatic nitrogens is 1. The van der Waals surface area contributed by atoms with Crippen molar-refractivity contribution < 1.29 is 9.26 Å². The Bertz CT molecular complexity index is 462. The first-order chi connectivity index (χ1) is 7.22. The number of hydrogen-bond donors (Lipinski definition) is 0. The zero-order valence-electron chi connectivity index (χ0n) is 8.45. The summed E-state index contributed by atoms with van der Waals surface area (Å²) in [5, 5.41) is 3.98. The molecule has 1 aromatic carbocycles. The minimum Gasteiger partial charge on any atom is -0.497 e. The fourth-order valence-corrected chi connectivity index (χ4v) is 1.59. The third kappa shape index (κ3) is 1.90. The lowest BCUT2D eigenvalue weighted by Gasteiger charge is -2.00. The van der Waals surface area contributed by atoms with Gasteiger partial charge in [0.2, 0.25) is 4.67 Å². The third-order valence-electron chi connectivity index (χ3n) is 2.23. The van der Waals surface area contributed by atoms with Crippen molar-refractivity contribution in [3.63, 3.8) is 0 Å². The predicted octanol–water partition coefficient (Wildman–Crippen LogP) is 3.42. The zero-order chi connectivity index (χ0) is 10.8. The number of ether oxygens (including phenoxy) is 1. The van der Waals surface area contributed by atoms with Crippen LogP contribution in [0.25, 0.3) is 11.3 Å². The van der Waals surface area contributed by atoms with Crippen molar-refractivity contribution in [2.24, 2.45) is 0 Å². The van der Waals surface area contributed by atoms with Gasteiger partial charge in [0.15, 0.2) is 0 Å². The second-order valence-corrected chi connectivity index (χ2v) is 3.88. The molecule has 1 heterocycles. The highest BCUT2D eigenvalue weighted by molar-refractivity contribution is 9.10. The summed E-state index contributed by atoms with van der Waals surface area (Å²) in [5.74, 6) is 0.832. The molecule has 0 fully saturated rings. The fourth-order valence-electron chi connectivity index (χ4n) is 1.33. The number of halogens is 1. The lowest BCUT2D eigenvalue weighted by molar-refractivity contribution is 0.401. The molecule has 2 aromatic rings. The topological polar surface area (TPSA) is 35.3 Å². The van der Waals surface area contributed by atoms with E-state index in [1.54, 1.807) is 7.11 Å². The normalized spacial score (nSPS) is 10.3. The van der Waals surface area contributed by atoms with Gasteiger partial charge in [0.25, 0.3) is 0 Å². The number of methoxy groups -OCH3 is 1. The number of nitrogens with zero attached hydrogens (tertiary/aromatic N) is 1. The van der Waals surface area contributed by atoms with Crippen LogP contribution in [-0.2, 0) is 0 Å². The summed E-state index contributed by atoms with van der Waals surface area (Å²) in [5.41, 5.74) is 2.87. The van der Waals surface area contributed by atoms with Gasteiger partial charge in [-0.05, 0) is 47.1 Å². The van der Waals surface area contributed by atoms with Crippen LogP contribution in [0.5, 0.6) is 5.75 Å². The highest BCUT2D eigenvalue weighted by Crippen LogP contribution is 2.28. The molecule has 0 saturated carbocycles. The van der Waals surface area contributed by atoms with Crippen LogP contribution in [0.4, 0.5) is 0 Å². The van der Waals surface area contributed by atoms with Crippen molar-refractivity contribution in [1.29, 1.82) is 0 Å². The van der Waals surface area contributed by atoms with Crippen molar-refractivity contribution >= 4 is 15.9 Å². The Morgan fingerprint density at radius 1 is 1.27 bits per heavy atom. The first-order valence-electron chi connectivity index (χ1n) is 4.48. The molecule has 0 saturated heterocycles. The molecule has 0 aliphatic carbocycles. The van der Waals surface area contributed by atoms with Crippen LogP contribution in [-0.4, -0.2) is 12.3 Å². The first-order valence-corrected chi connectivity index (χ1v) is 5.28. The maximum Gasteiger partial charge on any atom is 0.205 e. The van der Waals surface area contributed by atoms with E-state index in [2.05, 4.69) is 21.1 Å². The van der Waals surface area contributed by atoms with E-state index < -0.39 is 0 Å². The van der Waals surface area contributed by atoms with Crippen molar-refractivity contribution in [2.75, 3.05) is 7.11 Å². The van der Waals surface area contributed by atoms with E-state index in [4.69, 9.17) is 9.26 Å². The average molecular weight is 268 g/mol. The van der Waals surface area contributed by atoms with Gasteiger partial charge < -0.3 is 9.26 Å². The second kappa shape index (κ2) is 4.06. The van der Waals surface area contributed by atoms with Crippen LogP contribution >= 0.6 is 15.9 Å². The molecule has 1 aromatic heterocycles. The van der Waals surface area contributed by atoms with Gasteiger partial charge in [-0.2, -0.15) is 0 Å².